The van der Waals surface area contributed by atoms with E-state index in [0.717, 1.165) is 50.6 Å². The Kier molecular flexibility index (Phi) is 3.74. The van der Waals surface area contributed by atoms with Gasteiger partial charge in [-0.3, -0.25) is 4.90 Å². The van der Waals surface area contributed by atoms with Crippen molar-refractivity contribution in [3.8, 4) is 0 Å². The predicted octanol–water partition coefficient (Wildman–Crippen LogP) is 1.55. The highest BCUT2D eigenvalue weighted by Gasteiger charge is 2.18. The molecule has 0 N–H and O–H groups in total. The van der Waals surface area contributed by atoms with E-state index in [4.69, 9.17) is 0 Å². The second-order valence-electron chi connectivity index (χ2n) is 5.48. The van der Waals surface area contributed by atoms with Crippen LogP contribution in [-0.2, 0) is 6.42 Å². The zero-order chi connectivity index (χ0) is 14.8. The Balaban J connectivity index is 1.34. The molecule has 0 amide bonds. The summed E-state index contributed by atoms with van der Waals surface area (Å²) in [5, 5.41) is 14.6. The summed E-state index contributed by atoms with van der Waals surface area (Å²) in [6.07, 6.45) is 2.80. The van der Waals surface area contributed by atoms with Crippen LogP contribution in [0.5, 0.6) is 0 Å². The molecular formula is C15H18N6S. The highest BCUT2D eigenvalue weighted by atomic mass is 32.1. The summed E-state index contributed by atoms with van der Waals surface area (Å²) in [7, 11) is 0. The number of rotatable bonds is 4. The second kappa shape index (κ2) is 6.02. The SMILES string of the molecule is c1csc(CCN2CCN(c3ccc4nncn4n3)CC2)c1. The number of hydrogen-bond acceptors (Lipinski definition) is 6. The molecule has 22 heavy (non-hydrogen) atoms. The average Bonchev–Trinajstić information content (AvgIpc) is 3.24. The third-order valence-electron chi connectivity index (χ3n) is 4.10. The lowest BCUT2D eigenvalue weighted by molar-refractivity contribution is 0.261. The maximum Gasteiger partial charge on any atom is 0.177 e. The van der Waals surface area contributed by atoms with E-state index in [0.29, 0.717) is 0 Å². The molecule has 114 valence electrons. The summed E-state index contributed by atoms with van der Waals surface area (Å²) in [6.45, 7) is 5.36. The molecule has 0 spiro atoms. The molecule has 4 rings (SSSR count). The van der Waals surface area contributed by atoms with Crippen molar-refractivity contribution in [3.05, 3.63) is 40.8 Å². The van der Waals surface area contributed by atoms with Gasteiger partial charge in [0.25, 0.3) is 0 Å². The summed E-state index contributed by atoms with van der Waals surface area (Å²) >= 11 is 1.85. The maximum atomic E-state index is 4.57. The second-order valence-corrected chi connectivity index (χ2v) is 6.52. The predicted molar refractivity (Wildman–Crippen MR) is 87.5 cm³/mol. The van der Waals surface area contributed by atoms with Gasteiger partial charge in [-0.1, -0.05) is 6.07 Å². The number of anilines is 1. The highest BCUT2D eigenvalue weighted by Crippen LogP contribution is 2.15. The molecular weight excluding hydrogens is 296 g/mol. The van der Waals surface area contributed by atoms with Crippen LogP contribution in [0.15, 0.2) is 36.0 Å². The van der Waals surface area contributed by atoms with E-state index < -0.39 is 0 Å². The number of aromatic nitrogens is 4. The fraction of sp³-hybridized carbons (Fsp3) is 0.400. The topological polar surface area (TPSA) is 49.6 Å². The van der Waals surface area contributed by atoms with E-state index in [9.17, 15) is 0 Å². The Bertz CT molecular complexity index is 729. The molecule has 1 fully saturated rings. The lowest BCUT2D eigenvalue weighted by Gasteiger charge is -2.35. The van der Waals surface area contributed by atoms with Crippen LogP contribution < -0.4 is 4.90 Å². The van der Waals surface area contributed by atoms with Crippen molar-refractivity contribution in [2.45, 2.75) is 6.42 Å². The molecule has 1 aliphatic heterocycles. The molecule has 0 aromatic carbocycles. The molecule has 7 heteroatoms. The van der Waals surface area contributed by atoms with Crippen LogP contribution in [-0.4, -0.2) is 57.4 Å². The first-order valence-corrected chi connectivity index (χ1v) is 8.43. The molecule has 0 aliphatic carbocycles. The standard InChI is InChI=1S/C15H18N6S/c1-2-13(22-11-1)5-6-19-7-9-20(10-8-19)15-4-3-14-17-16-12-21(14)18-15/h1-4,11-12H,5-10H2. The molecule has 0 atom stereocenters. The number of hydrogen-bond donors (Lipinski definition) is 0. The van der Waals surface area contributed by atoms with E-state index in [-0.39, 0.29) is 0 Å². The smallest absolute Gasteiger partial charge is 0.177 e. The first-order valence-electron chi connectivity index (χ1n) is 7.55. The third-order valence-corrected chi connectivity index (χ3v) is 5.03. The van der Waals surface area contributed by atoms with Gasteiger partial charge >= 0.3 is 0 Å². The van der Waals surface area contributed by atoms with Gasteiger partial charge in [0, 0.05) is 37.6 Å². The van der Waals surface area contributed by atoms with Crippen molar-refractivity contribution >= 4 is 22.8 Å². The first kappa shape index (κ1) is 13.7. The van der Waals surface area contributed by atoms with Crippen molar-refractivity contribution < 1.29 is 0 Å². The quantitative estimate of drug-likeness (QED) is 0.731. The van der Waals surface area contributed by atoms with Crippen LogP contribution in [0, 0.1) is 0 Å². The average molecular weight is 314 g/mol. The van der Waals surface area contributed by atoms with Gasteiger partial charge in [-0.2, -0.15) is 4.52 Å². The largest absolute Gasteiger partial charge is 0.353 e. The summed E-state index contributed by atoms with van der Waals surface area (Å²) < 4.78 is 1.73. The van der Waals surface area contributed by atoms with Gasteiger partial charge < -0.3 is 4.90 Å². The molecule has 3 aromatic rings. The fourth-order valence-electron chi connectivity index (χ4n) is 2.81. The zero-order valence-electron chi connectivity index (χ0n) is 12.3. The molecule has 1 aliphatic rings. The minimum Gasteiger partial charge on any atom is -0.353 e. The third kappa shape index (κ3) is 2.82. The zero-order valence-corrected chi connectivity index (χ0v) is 13.1. The Labute approximate surface area is 133 Å². The summed E-state index contributed by atoms with van der Waals surface area (Å²) in [6, 6.07) is 8.35. The van der Waals surface area contributed by atoms with Crippen LogP contribution in [0.4, 0.5) is 5.82 Å². The van der Waals surface area contributed by atoms with Crippen molar-refractivity contribution in [2.75, 3.05) is 37.6 Å². The number of piperazine rings is 1. The Hall–Kier alpha value is -1.99. The van der Waals surface area contributed by atoms with Gasteiger partial charge in [0.2, 0.25) is 0 Å². The normalized spacial score (nSPS) is 16.5. The number of fused-ring (bicyclic) bond motifs is 1. The van der Waals surface area contributed by atoms with Gasteiger partial charge in [-0.05, 0) is 30.0 Å². The summed E-state index contributed by atoms with van der Waals surface area (Å²) in [5.41, 5.74) is 0.790. The molecule has 1 saturated heterocycles. The van der Waals surface area contributed by atoms with Crippen LogP contribution in [0.3, 0.4) is 0 Å². The van der Waals surface area contributed by atoms with E-state index in [1.54, 1.807) is 10.8 Å². The molecule has 0 bridgehead atoms. The lowest BCUT2D eigenvalue weighted by atomic mass is 10.2. The first-order chi connectivity index (χ1) is 10.9. The highest BCUT2D eigenvalue weighted by molar-refractivity contribution is 7.09. The molecule has 0 radical (unpaired) electrons. The Morgan fingerprint density at radius 2 is 2.00 bits per heavy atom. The van der Waals surface area contributed by atoms with Gasteiger partial charge in [-0.25, -0.2) is 0 Å². The van der Waals surface area contributed by atoms with E-state index in [1.165, 1.54) is 4.88 Å². The van der Waals surface area contributed by atoms with Gasteiger partial charge in [0.1, 0.15) is 12.1 Å². The van der Waals surface area contributed by atoms with E-state index >= 15 is 0 Å². The monoisotopic (exact) mass is 314 g/mol. The van der Waals surface area contributed by atoms with Crippen LogP contribution in [0.2, 0.25) is 0 Å². The van der Waals surface area contributed by atoms with Crippen molar-refractivity contribution in [2.24, 2.45) is 0 Å². The fourth-order valence-corrected chi connectivity index (χ4v) is 3.51. The number of thiophene rings is 1. The minimum absolute atomic E-state index is 0.790. The van der Waals surface area contributed by atoms with Crippen LogP contribution >= 0.6 is 11.3 Å². The Morgan fingerprint density at radius 3 is 2.82 bits per heavy atom. The number of nitrogens with zero attached hydrogens (tertiary/aromatic N) is 6. The van der Waals surface area contributed by atoms with Crippen LogP contribution in [0.1, 0.15) is 4.88 Å². The van der Waals surface area contributed by atoms with Crippen molar-refractivity contribution in [1.29, 1.82) is 0 Å². The van der Waals surface area contributed by atoms with Gasteiger partial charge in [-0.15, -0.1) is 26.6 Å². The molecule has 6 nitrogen and oxygen atoms in total. The molecule has 4 heterocycles. The molecule has 3 aromatic heterocycles. The van der Waals surface area contributed by atoms with E-state index in [2.05, 4.69) is 42.6 Å². The van der Waals surface area contributed by atoms with Gasteiger partial charge in [0.05, 0.1) is 0 Å². The van der Waals surface area contributed by atoms with Crippen molar-refractivity contribution in [3.63, 3.8) is 0 Å². The maximum absolute atomic E-state index is 4.57. The van der Waals surface area contributed by atoms with E-state index in [1.807, 2.05) is 23.5 Å². The lowest BCUT2D eigenvalue weighted by Crippen LogP contribution is -2.47. The van der Waals surface area contributed by atoms with Gasteiger partial charge in [0.15, 0.2) is 5.65 Å². The molecule has 0 saturated carbocycles. The summed E-state index contributed by atoms with van der Waals surface area (Å²) in [4.78, 5) is 6.34. The molecule has 0 unspecified atom stereocenters. The Morgan fingerprint density at radius 1 is 1.09 bits per heavy atom. The van der Waals surface area contributed by atoms with Crippen LogP contribution in [0.25, 0.3) is 5.65 Å². The minimum atomic E-state index is 0.790. The summed E-state index contributed by atoms with van der Waals surface area (Å²) in [5.74, 6) is 1.00. The van der Waals surface area contributed by atoms with Crippen molar-refractivity contribution in [1.82, 2.24) is 24.7 Å².